The van der Waals surface area contributed by atoms with Crippen LogP contribution in [-0.4, -0.2) is 27.2 Å². The molecule has 0 aromatic carbocycles. The van der Waals surface area contributed by atoms with E-state index in [-0.39, 0.29) is 11.9 Å². The number of alkyl halides is 2. The molecule has 0 spiro atoms. The van der Waals surface area contributed by atoms with Gasteiger partial charge in [-0.3, -0.25) is 0 Å². The summed E-state index contributed by atoms with van der Waals surface area (Å²) in [5, 5.41) is 14.1. The van der Waals surface area contributed by atoms with Crippen LogP contribution in [0.3, 0.4) is 0 Å². The van der Waals surface area contributed by atoms with Gasteiger partial charge in [0, 0.05) is 0 Å². The van der Waals surface area contributed by atoms with Crippen molar-refractivity contribution < 1.29 is 9.84 Å². The third-order valence-corrected chi connectivity index (χ3v) is 5.13. The monoisotopic (exact) mass is 414 g/mol. The molecule has 0 bridgehead atoms. The second-order valence-corrected chi connectivity index (χ2v) is 9.60. The Bertz CT molecular complexity index is 419. The molecule has 6 heteroatoms. The average molecular weight is 415 g/mol. The molecule has 0 saturated heterocycles. The summed E-state index contributed by atoms with van der Waals surface area (Å²) in [5.74, 6) is 0.224. The molecule has 20 heavy (non-hydrogen) atoms. The van der Waals surface area contributed by atoms with E-state index in [4.69, 9.17) is 20.3 Å². The summed E-state index contributed by atoms with van der Waals surface area (Å²) in [5.41, 5.74) is 1.49. The van der Waals surface area contributed by atoms with E-state index >= 15 is 0 Å². The van der Waals surface area contributed by atoms with Gasteiger partial charge < -0.3 is 0 Å². The van der Waals surface area contributed by atoms with Gasteiger partial charge in [-0.25, -0.2) is 0 Å². The van der Waals surface area contributed by atoms with Crippen LogP contribution in [-0.2, 0) is 4.74 Å². The Morgan fingerprint density at radius 3 is 2.95 bits per heavy atom. The number of aliphatic hydroxyl groups excluding tert-OH is 1. The molecular weight excluding hydrogens is 391 g/mol. The molecule has 1 atom stereocenters. The van der Waals surface area contributed by atoms with E-state index in [9.17, 15) is 5.11 Å². The van der Waals surface area contributed by atoms with Gasteiger partial charge in [-0.05, 0) is 0 Å². The molecular formula is C14H24ClIN2O2. The molecule has 0 aliphatic heterocycles. The third-order valence-electron chi connectivity index (χ3n) is 3.00. The number of rotatable bonds is 7. The van der Waals surface area contributed by atoms with Gasteiger partial charge in [-0.1, -0.05) is 0 Å². The first-order valence-electron chi connectivity index (χ1n) is 6.59. The number of aliphatic hydroxyl groups is 1. The first-order valence-corrected chi connectivity index (χ1v) is 11.9. The average Bonchev–Trinajstić information content (AvgIpc) is 2.40. The van der Waals surface area contributed by atoms with Crippen molar-refractivity contribution in [1.82, 2.24) is 5.32 Å². The van der Waals surface area contributed by atoms with Crippen LogP contribution in [0, 0.1) is 0 Å². The molecule has 4 N–H and O–H groups in total. The van der Waals surface area contributed by atoms with Crippen molar-refractivity contribution in [1.29, 1.82) is 0 Å². The number of hydrogen-bond donors (Lipinski definition) is 3. The van der Waals surface area contributed by atoms with Gasteiger partial charge >= 0.3 is 134 Å². The fourth-order valence-electron chi connectivity index (χ4n) is 1.61. The standard InChI is InChI=1S/C14H24ClIN2O2/c1-4-10(2)20-8-11-5-6-13(15)12(14(11)19)7-18-9-16(3)17/h6,8,10,18-19H,4-5,7,9,17H2,1-3H3/b11-8+/t10-/m1/s1. The summed E-state index contributed by atoms with van der Waals surface area (Å²) in [4.78, 5) is 2.08. The molecule has 1 rings (SSSR count). The van der Waals surface area contributed by atoms with Gasteiger partial charge in [0.2, 0.25) is 0 Å². The van der Waals surface area contributed by atoms with E-state index in [0.717, 1.165) is 22.1 Å². The minimum absolute atomic E-state index is 0.142. The molecule has 1 aliphatic rings. The molecule has 0 heterocycles. The summed E-state index contributed by atoms with van der Waals surface area (Å²) in [6.45, 7) is 4.59. The molecule has 116 valence electrons. The Balaban J connectivity index is 2.74. The van der Waals surface area contributed by atoms with Gasteiger partial charge in [0.05, 0.1) is 0 Å². The van der Waals surface area contributed by atoms with Crippen LogP contribution in [0.2, 0.25) is 0 Å². The minimum atomic E-state index is -1.30. The first-order chi connectivity index (χ1) is 9.45. The van der Waals surface area contributed by atoms with E-state index in [0.29, 0.717) is 18.0 Å². The SMILES string of the molecule is CC[C@@H](C)O/C=C1\CC=C(Cl)C(CNCI(C)N)=C1O. The quantitative estimate of drug-likeness (QED) is 0.196. The topological polar surface area (TPSA) is 67.5 Å². The maximum atomic E-state index is 10.3. The molecule has 0 fully saturated rings. The maximum absolute atomic E-state index is 10.3. The van der Waals surface area contributed by atoms with Crippen LogP contribution in [0.5, 0.6) is 0 Å². The van der Waals surface area contributed by atoms with Crippen molar-refractivity contribution >= 4 is 31.7 Å². The normalized spacial score (nSPS) is 19.9. The second-order valence-electron chi connectivity index (χ2n) is 4.78. The van der Waals surface area contributed by atoms with Gasteiger partial charge in [0.1, 0.15) is 0 Å². The van der Waals surface area contributed by atoms with Crippen molar-refractivity contribution in [2.75, 3.05) is 16.0 Å². The zero-order chi connectivity index (χ0) is 15.1. The molecule has 4 nitrogen and oxygen atoms in total. The number of hydrogen-bond acceptors (Lipinski definition) is 4. The van der Waals surface area contributed by atoms with E-state index in [1.54, 1.807) is 6.26 Å². The third kappa shape index (κ3) is 5.63. The number of allylic oxidation sites excluding steroid dienone is 2. The van der Waals surface area contributed by atoms with Crippen molar-refractivity contribution in [2.45, 2.75) is 32.8 Å². The Labute approximate surface area is 133 Å². The van der Waals surface area contributed by atoms with Gasteiger partial charge in [-0.15, -0.1) is 0 Å². The predicted molar refractivity (Wildman–Crippen MR) is 94.1 cm³/mol. The van der Waals surface area contributed by atoms with Gasteiger partial charge in [0.25, 0.3) is 0 Å². The fraction of sp³-hybridized carbons (Fsp3) is 0.571. The Hall–Kier alpha value is -0.240. The van der Waals surface area contributed by atoms with Crippen LogP contribution >= 0.6 is 31.7 Å². The number of ether oxygens (including phenoxy) is 1. The molecule has 0 aromatic heterocycles. The van der Waals surface area contributed by atoms with Crippen LogP contribution in [0.15, 0.2) is 34.3 Å². The first kappa shape index (κ1) is 17.8. The number of nitrogens with one attached hydrogen (secondary N) is 1. The Kier molecular flexibility index (Phi) is 7.94. The molecule has 0 unspecified atom stereocenters. The summed E-state index contributed by atoms with van der Waals surface area (Å²) < 4.78 is 12.2. The van der Waals surface area contributed by atoms with Gasteiger partial charge in [0.15, 0.2) is 0 Å². The Morgan fingerprint density at radius 2 is 2.35 bits per heavy atom. The van der Waals surface area contributed by atoms with E-state index in [2.05, 4.69) is 17.2 Å². The Morgan fingerprint density at radius 1 is 1.65 bits per heavy atom. The molecule has 0 saturated carbocycles. The fourth-order valence-corrected chi connectivity index (χ4v) is 2.97. The van der Waals surface area contributed by atoms with Crippen molar-refractivity contribution in [3.05, 3.63) is 34.3 Å². The van der Waals surface area contributed by atoms with E-state index in [1.807, 2.05) is 13.0 Å². The molecule has 0 amide bonds. The van der Waals surface area contributed by atoms with Crippen molar-refractivity contribution in [2.24, 2.45) is 3.95 Å². The number of halogens is 2. The van der Waals surface area contributed by atoms with E-state index in [1.165, 1.54) is 0 Å². The summed E-state index contributed by atoms with van der Waals surface area (Å²) in [6.07, 6.45) is 5.20. The van der Waals surface area contributed by atoms with Gasteiger partial charge in [-0.2, -0.15) is 0 Å². The summed E-state index contributed by atoms with van der Waals surface area (Å²) in [6, 6.07) is 0. The van der Waals surface area contributed by atoms with Crippen molar-refractivity contribution in [3.8, 4) is 0 Å². The van der Waals surface area contributed by atoms with Crippen LogP contribution in [0.4, 0.5) is 0 Å². The van der Waals surface area contributed by atoms with E-state index < -0.39 is 20.1 Å². The van der Waals surface area contributed by atoms with Crippen LogP contribution < -0.4 is 9.26 Å². The summed E-state index contributed by atoms with van der Waals surface area (Å²) in [7, 11) is 0. The summed E-state index contributed by atoms with van der Waals surface area (Å²) >= 11 is 4.86. The molecule has 0 radical (unpaired) electrons. The molecule has 1 aliphatic carbocycles. The van der Waals surface area contributed by atoms with Crippen LogP contribution in [0.25, 0.3) is 0 Å². The zero-order valence-electron chi connectivity index (χ0n) is 12.2. The number of nitrogens with two attached hydrogens (primary N) is 1. The predicted octanol–water partition coefficient (Wildman–Crippen LogP) is 3.58. The van der Waals surface area contributed by atoms with Crippen LogP contribution in [0.1, 0.15) is 26.7 Å². The second kappa shape index (κ2) is 8.92. The van der Waals surface area contributed by atoms with Crippen molar-refractivity contribution in [3.63, 3.8) is 0 Å². The zero-order valence-corrected chi connectivity index (χ0v) is 15.2. The molecule has 0 aromatic rings.